The van der Waals surface area contributed by atoms with Gasteiger partial charge in [0.25, 0.3) is 0 Å². The van der Waals surface area contributed by atoms with Crippen molar-refractivity contribution in [2.75, 3.05) is 0 Å². The SMILES string of the molecule is C/C(=N/OC(C)C)c1ccc(CC(N)C(=O)C(C)C)cc1.C/C(=N/OC(C)C)c1ccc(CC(NC(C)C)C(=O)O)cc1. The Labute approximate surface area is 257 Å². The molecule has 238 valence electrons. The number of carbonyl (C=O) groups is 2. The van der Waals surface area contributed by atoms with Gasteiger partial charge in [0.15, 0.2) is 5.78 Å². The third kappa shape index (κ3) is 14.9. The molecule has 43 heavy (non-hydrogen) atoms. The van der Waals surface area contributed by atoms with Gasteiger partial charge in [-0.3, -0.25) is 9.59 Å². The number of rotatable bonds is 15. The van der Waals surface area contributed by atoms with Gasteiger partial charge in [-0.25, -0.2) is 0 Å². The average Bonchev–Trinajstić information content (AvgIpc) is 2.94. The van der Waals surface area contributed by atoms with Gasteiger partial charge in [0.05, 0.1) is 17.5 Å². The zero-order valence-corrected chi connectivity index (χ0v) is 27.5. The molecular weight excluding hydrogens is 544 g/mol. The predicted molar refractivity (Wildman–Crippen MR) is 175 cm³/mol. The minimum Gasteiger partial charge on any atom is -0.480 e. The van der Waals surface area contributed by atoms with E-state index in [1.807, 2.05) is 118 Å². The highest BCUT2D eigenvalue weighted by atomic mass is 16.6. The lowest BCUT2D eigenvalue weighted by Crippen LogP contribution is -2.42. The molecule has 2 aromatic rings. The number of nitrogens with one attached hydrogen (secondary N) is 1. The molecule has 0 aromatic heterocycles. The summed E-state index contributed by atoms with van der Waals surface area (Å²) in [5, 5.41) is 20.4. The van der Waals surface area contributed by atoms with Crippen LogP contribution in [0.1, 0.15) is 91.5 Å². The van der Waals surface area contributed by atoms with Crippen LogP contribution in [0.25, 0.3) is 0 Å². The first-order valence-electron chi connectivity index (χ1n) is 15.0. The largest absolute Gasteiger partial charge is 0.480 e. The number of ketones is 1. The van der Waals surface area contributed by atoms with Gasteiger partial charge < -0.3 is 25.8 Å². The Balaban J connectivity index is 0.000000430. The molecule has 0 radical (unpaired) electrons. The van der Waals surface area contributed by atoms with E-state index in [4.69, 9.17) is 15.4 Å². The summed E-state index contributed by atoms with van der Waals surface area (Å²) >= 11 is 0. The van der Waals surface area contributed by atoms with Crippen molar-refractivity contribution >= 4 is 23.2 Å². The van der Waals surface area contributed by atoms with Gasteiger partial charge in [0.1, 0.15) is 18.2 Å². The van der Waals surface area contributed by atoms with Crippen LogP contribution in [0.15, 0.2) is 58.8 Å². The molecule has 9 heteroatoms. The number of aliphatic carboxylic acids is 1. The Kier molecular flexibility index (Phi) is 16.4. The molecule has 2 rings (SSSR count). The lowest BCUT2D eigenvalue weighted by atomic mass is 9.96. The molecule has 0 fully saturated rings. The Morgan fingerprint density at radius 3 is 1.47 bits per heavy atom. The second-order valence-electron chi connectivity index (χ2n) is 11.8. The van der Waals surface area contributed by atoms with Crippen LogP contribution >= 0.6 is 0 Å². The van der Waals surface area contributed by atoms with E-state index in [9.17, 15) is 14.7 Å². The first-order chi connectivity index (χ1) is 20.1. The summed E-state index contributed by atoms with van der Waals surface area (Å²) in [4.78, 5) is 33.5. The van der Waals surface area contributed by atoms with Gasteiger partial charge in [-0.2, -0.15) is 0 Å². The summed E-state index contributed by atoms with van der Waals surface area (Å²) in [6.07, 6.45) is 1.13. The summed E-state index contributed by atoms with van der Waals surface area (Å²) in [5.74, 6) is -0.759. The van der Waals surface area contributed by atoms with Crippen LogP contribution in [0.3, 0.4) is 0 Å². The van der Waals surface area contributed by atoms with E-state index in [1.54, 1.807) is 0 Å². The fourth-order valence-electron chi connectivity index (χ4n) is 3.88. The number of nitrogens with two attached hydrogens (primary N) is 1. The zero-order valence-electron chi connectivity index (χ0n) is 27.5. The maximum Gasteiger partial charge on any atom is 0.321 e. The summed E-state index contributed by atoms with van der Waals surface area (Å²) < 4.78 is 0. The molecule has 0 aliphatic carbocycles. The topological polar surface area (TPSA) is 136 Å². The molecule has 4 N–H and O–H groups in total. The van der Waals surface area contributed by atoms with Crippen molar-refractivity contribution in [1.82, 2.24) is 5.32 Å². The lowest BCUT2D eigenvalue weighted by Gasteiger charge is -2.17. The minimum absolute atomic E-state index is 0.0261. The average molecular weight is 597 g/mol. The number of hydrogen-bond donors (Lipinski definition) is 3. The highest BCUT2D eigenvalue weighted by Crippen LogP contribution is 2.11. The first kappa shape index (κ1) is 37.5. The standard InChI is InChI=1S/C17H26N2O3.C17H26N2O2/c1-11(2)18-16(17(20)21)10-14-6-8-15(9-7-14)13(5)19-22-12(3)4;1-11(2)17(20)16(18)10-14-6-8-15(9-7-14)13(5)19-21-12(3)4/h6-9,11-12,16,18H,10H2,1-5H3,(H,20,21);6-9,11-12,16H,10,18H2,1-5H3/b2*19-13-. The number of carbonyl (C=O) groups excluding carboxylic acids is 1. The number of nitrogens with zero attached hydrogens (tertiary/aromatic N) is 2. The Morgan fingerprint density at radius 2 is 1.14 bits per heavy atom. The maximum absolute atomic E-state index is 11.8. The third-order valence-corrected chi connectivity index (χ3v) is 6.21. The fourth-order valence-corrected chi connectivity index (χ4v) is 3.88. The van der Waals surface area contributed by atoms with Gasteiger partial charge in [-0.1, -0.05) is 86.5 Å². The molecule has 0 amide bonds. The number of Topliss-reactive ketones (excluding diaryl/α,β-unsaturated/α-hetero) is 1. The molecule has 0 aliphatic heterocycles. The zero-order chi connectivity index (χ0) is 32.7. The smallest absolute Gasteiger partial charge is 0.321 e. The summed E-state index contributed by atoms with van der Waals surface area (Å²) in [6, 6.07) is 14.8. The summed E-state index contributed by atoms with van der Waals surface area (Å²) in [6.45, 7) is 19.1. The molecule has 0 spiro atoms. The van der Waals surface area contributed by atoms with E-state index in [0.29, 0.717) is 12.8 Å². The van der Waals surface area contributed by atoms with Gasteiger partial charge in [0.2, 0.25) is 0 Å². The number of benzene rings is 2. The Hall–Kier alpha value is -3.56. The summed E-state index contributed by atoms with van der Waals surface area (Å²) in [7, 11) is 0. The Bertz CT molecular complexity index is 1190. The van der Waals surface area contributed by atoms with Crippen LogP contribution < -0.4 is 11.1 Å². The van der Waals surface area contributed by atoms with Crippen molar-refractivity contribution in [3.05, 3.63) is 70.8 Å². The molecule has 2 aromatic carbocycles. The van der Waals surface area contributed by atoms with Crippen LogP contribution in [-0.2, 0) is 32.1 Å². The minimum atomic E-state index is -0.833. The van der Waals surface area contributed by atoms with Crippen molar-refractivity contribution in [3.63, 3.8) is 0 Å². The van der Waals surface area contributed by atoms with Crippen LogP contribution in [0.2, 0.25) is 0 Å². The van der Waals surface area contributed by atoms with E-state index in [2.05, 4.69) is 15.6 Å². The van der Waals surface area contributed by atoms with Gasteiger partial charge >= 0.3 is 5.97 Å². The van der Waals surface area contributed by atoms with Crippen LogP contribution in [0.4, 0.5) is 0 Å². The van der Waals surface area contributed by atoms with Crippen molar-refractivity contribution in [2.24, 2.45) is 22.0 Å². The number of hydrogen-bond acceptors (Lipinski definition) is 8. The molecule has 9 nitrogen and oxygen atoms in total. The van der Waals surface area contributed by atoms with Gasteiger partial charge in [-0.15, -0.1) is 0 Å². The van der Waals surface area contributed by atoms with Crippen LogP contribution in [0, 0.1) is 5.92 Å². The normalized spacial score (nSPS) is 13.6. The number of carboxylic acid groups (broad SMARTS) is 1. The third-order valence-electron chi connectivity index (χ3n) is 6.21. The monoisotopic (exact) mass is 596 g/mol. The molecule has 0 aliphatic rings. The van der Waals surface area contributed by atoms with Crippen molar-refractivity contribution in [3.8, 4) is 0 Å². The fraction of sp³-hybridized carbons (Fsp3) is 0.529. The molecule has 0 bridgehead atoms. The molecule has 0 saturated carbocycles. The highest BCUT2D eigenvalue weighted by molar-refractivity contribution is 5.98. The van der Waals surface area contributed by atoms with E-state index < -0.39 is 18.1 Å². The molecule has 0 heterocycles. The highest BCUT2D eigenvalue weighted by Gasteiger charge is 2.19. The van der Waals surface area contributed by atoms with E-state index in [1.165, 1.54) is 0 Å². The lowest BCUT2D eigenvalue weighted by molar-refractivity contribution is -0.139. The molecular formula is C34H52N4O5. The van der Waals surface area contributed by atoms with Gasteiger partial charge in [0, 0.05) is 12.0 Å². The second kappa shape index (κ2) is 18.9. The maximum atomic E-state index is 11.8. The van der Waals surface area contributed by atoms with E-state index >= 15 is 0 Å². The molecule has 2 unspecified atom stereocenters. The van der Waals surface area contributed by atoms with Crippen LogP contribution in [0.5, 0.6) is 0 Å². The van der Waals surface area contributed by atoms with Crippen LogP contribution in [-0.4, -0.2) is 58.6 Å². The second-order valence-corrected chi connectivity index (χ2v) is 11.8. The Morgan fingerprint density at radius 1 is 0.744 bits per heavy atom. The molecule has 0 saturated heterocycles. The number of oxime groups is 2. The predicted octanol–water partition coefficient (Wildman–Crippen LogP) is 5.76. The first-order valence-corrected chi connectivity index (χ1v) is 15.0. The summed E-state index contributed by atoms with van der Waals surface area (Å²) in [5.41, 5.74) is 11.6. The van der Waals surface area contributed by atoms with E-state index in [0.717, 1.165) is 33.7 Å². The molecule has 2 atom stereocenters. The van der Waals surface area contributed by atoms with Crippen molar-refractivity contribution < 1.29 is 24.4 Å². The van der Waals surface area contributed by atoms with Crippen molar-refractivity contribution in [2.45, 2.75) is 112 Å². The quantitative estimate of drug-likeness (QED) is 0.176. The van der Waals surface area contributed by atoms with Crippen molar-refractivity contribution in [1.29, 1.82) is 0 Å². The van der Waals surface area contributed by atoms with Gasteiger partial charge in [-0.05, 0) is 76.6 Å². The van der Waals surface area contributed by atoms with E-state index in [-0.39, 0.29) is 30.0 Å². The number of carboxylic acids is 1.